The van der Waals surface area contributed by atoms with Crippen LogP contribution in [0.15, 0.2) is 48.8 Å². The number of carbonyl (C=O) groups is 1. The molecule has 0 aliphatic rings. The molecule has 3 rings (SSSR count). The minimum atomic E-state index is -0.287. The number of rotatable bonds is 8. The molecule has 0 unspecified atom stereocenters. The molecule has 0 aliphatic carbocycles. The maximum absolute atomic E-state index is 12.7. The van der Waals surface area contributed by atoms with E-state index in [0.717, 1.165) is 17.7 Å². The zero-order valence-corrected chi connectivity index (χ0v) is 15.7. The van der Waals surface area contributed by atoms with Gasteiger partial charge in [0.15, 0.2) is 5.69 Å². The molecule has 1 amide bonds. The van der Waals surface area contributed by atoms with Crippen LogP contribution in [0.3, 0.4) is 0 Å². The summed E-state index contributed by atoms with van der Waals surface area (Å²) in [5.74, 6) is -0.287. The zero-order valence-electron chi connectivity index (χ0n) is 14.9. The molecular weight excluding hydrogens is 366 g/mol. The maximum atomic E-state index is 12.7. The van der Waals surface area contributed by atoms with Crippen molar-refractivity contribution in [1.82, 2.24) is 25.3 Å². The van der Waals surface area contributed by atoms with Gasteiger partial charge in [0.2, 0.25) is 0 Å². The number of hydrogen-bond donors (Lipinski definition) is 1. The number of hydrogen-bond acceptors (Lipinski definition) is 5. The van der Waals surface area contributed by atoms with Gasteiger partial charge in [-0.3, -0.25) is 9.78 Å². The molecule has 0 bridgehead atoms. The summed E-state index contributed by atoms with van der Waals surface area (Å²) >= 11 is 5.98. The van der Waals surface area contributed by atoms with Crippen molar-refractivity contribution in [2.45, 2.75) is 13.3 Å². The van der Waals surface area contributed by atoms with Crippen LogP contribution in [0.25, 0.3) is 16.9 Å². The van der Waals surface area contributed by atoms with Crippen molar-refractivity contribution in [3.63, 3.8) is 0 Å². The maximum Gasteiger partial charge on any atom is 0.274 e. The summed E-state index contributed by atoms with van der Waals surface area (Å²) in [6.07, 6.45) is 4.08. The molecule has 2 heterocycles. The standard InChI is InChI=1S/C19H20ClN5O2/c1-2-27-12-4-11-22-19(26)17-18(14-5-3-10-21-13-14)25(24-23-17)16-8-6-15(20)7-9-16/h3,5-10,13H,2,4,11-12H2,1H3,(H,22,26). The van der Waals surface area contributed by atoms with Crippen LogP contribution in [-0.4, -0.2) is 45.6 Å². The van der Waals surface area contributed by atoms with Crippen molar-refractivity contribution in [2.24, 2.45) is 0 Å². The van der Waals surface area contributed by atoms with Crippen LogP contribution >= 0.6 is 11.6 Å². The average Bonchev–Trinajstić information content (AvgIpc) is 3.14. The van der Waals surface area contributed by atoms with Crippen LogP contribution in [0.4, 0.5) is 0 Å². The molecular formula is C19H20ClN5O2. The first-order chi connectivity index (χ1) is 13.2. The molecule has 0 atom stereocenters. The highest BCUT2D eigenvalue weighted by Crippen LogP contribution is 2.25. The lowest BCUT2D eigenvalue weighted by Gasteiger charge is -2.09. The molecule has 2 aromatic heterocycles. The molecule has 3 aromatic rings. The van der Waals surface area contributed by atoms with Gasteiger partial charge in [-0.25, -0.2) is 4.68 Å². The van der Waals surface area contributed by atoms with Gasteiger partial charge in [0, 0.05) is 42.7 Å². The zero-order chi connectivity index (χ0) is 19.1. The molecule has 27 heavy (non-hydrogen) atoms. The average molecular weight is 386 g/mol. The third-order valence-electron chi connectivity index (χ3n) is 3.85. The van der Waals surface area contributed by atoms with Crippen LogP contribution in [0.1, 0.15) is 23.8 Å². The van der Waals surface area contributed by atoms with E-state index in [-0.39, 0.29) is 11.6 Å². The number of pyridine rings is 1. The van der Waals surface area contributed by atoms with Gasteiger partial charge in [-0.1, -0.05) is 16.8 Å². The fourth-order valence-corrected chi connectivity index (χ4v) is 2.69. The van der Waals surface area contributed by atoms with Gasteiger partial charge < -0.3 is 10.1 Å². The molecule has 0 aliphatic heterocycles. The highest BCUT2D eigenvalue weighted by atomic mass is 35.5. The van der Waals surface area contributed by atoms with Crippen molar-refractivity contribution >= 4 is 17.5 Å². The predicted molar refractivity (Wildman–Crippen MR) is 103 cm³/mol. The van der Waals surface area contributed by atoms with Crippen molar-refractivity contribution < 1.29 is 9.53 Å². The number of amides is 1. The minimum absolute atomic E-state index is 0.245. The second kappa shape index (κ2) is 9.25. The first-order valence-electron chi connectivity index (χ1n) is 8.68. The quantitative estimate of drug-likeness (QED) is 0.602. The van der Waals surface area contributed by atoms with Gasteiger partial charge >= 0.3 is 0 Å². The lowest BCUT2D eigenvalue weighted by molar-refractivity contribution is 0.0940. The topological polar surface area (TPSA) is 81.9 Å². The van der Waals surface area contributed by atoms with Crippen LogP contribution in [-0.2, 0) is 4.74 Å². The van der Waals surface area contributed by atoms with E-state index in [0.29, 0.717) is 30.5 Å². The van der Waals surface area contributed by atoms with Crippen LogP contribution in [0.5, 0.6) is 0 Å². The van der Waals surface area contributed by atoms with Crippen molar-refractivity contribution in [2.75, 3.05) is 19.8 Å². The molecule has 7 nitrogen and oxygen atoms in total. The Kier molecular flexibility index (Phi) is 6.51. The minimum Gasteiger partial charge on any atom is -0.382 e. The van der Waals surface area contributed by atoms with Gasteiger partial charge in [0.05, 0.1) is 5.69 Å². The van der Waals surface area contributed by atoms with Gasteiger partial charge in [0.1, 0.15) is 5.69 Å². The molecule has 0 radical (unpaired) electrons. The smallest absolute Gasteiger partial charge is 0.274 e. The Bertz CT molecular complexity index is 881. The van der Waals surface area contributed by atoms with Crippen LogP contribution < -0.4 is 5.32 Å². The van der Waals surface area contributed by atoms with Gasteiger partial charge in [-0.15, -0.1) is 5.10 Å². The lowest BCUT2D eigenvalue weighted by atomic mass is 10.1. The van der Waals surface area contributed by atoms with Crippen molar-refractivity contribution in [1.29, 1.82) is 0 Å². The van der Waals surface area contributed by atoms with Gasteiger partial charge in [-0.05, 0) is 49.7 Å². The number of nitrogens with zero attached hydrogens (tertiary/aromatic N) is 4. The van der Waals surface area contributed by atoms with E-state index >= 15 is 0 Å². The van der Waals surface area contributed by atoms with E-state index in [9.17, 15) is 4.79 Å². The summed E-state index contributed by atoms with van der Waals surface area (Å²) < 4.78 is 6.90. The van der Waals surface area contributed by atoms with Crippen molar-refractivity contribution in [3.8, 4) is 16.9 Å². The number of benzene rings is 1. The summed E-state index contributed by atoms with van der Waals surface area (Å²) in [6, 6.07) is 10.8. The Morgan fingerprint density at radius 3 is 2.78 bits per heavy atom. The van der Waals surface area contributed by atoms with E-state index in [4.69, 9.17) is 16.3 Å². The Morgan fingerprint density at radius 2 is 2.07 bits per heavy atom. The fourth-order valence-electron chi connectivity index (χ4n) is 2.56. The van der Waals surface area contributed by atoms with Crippen LogP contribution in [0.2, 0.25) is 5.02 Å². The monoisotopic (exact) mass is 385 g/mol. The number of halogens is 1. The molecule has 1 N–H and O–H groups in total. The molecule has 140 valence electrons. The Morgan fingerprint density at radius 1 is 1.26 bits per heavy atom. The van der Waals surface area contributed by atoms with Gasteiger partial charge in [0.25, 0.3) is 5.91 Å². The highest BCUT2D eigenvalue weighted by molar-refractivity contribution is 6.30. The number of aromatic nitrogens is 4. The molecule has 0 saturated carbocycles. The second-order valence-corrected chi connectivity index (χ2v) is 6.16. The number of nitrogens with one attached hydrogen (secondary N) is 1. The largest absolute Gasteiger partial charge is 0.382 e. The molecule has 0 fully saturated rings. The molecule has 0 spiro atoms. The Balaban J connectivity index is 1.90. The third-order valence-corrected chi connectivity index (χ3v) is 4.10. The molecule has 0 saturated heterocycles. The normalized spacial score (nSPS) is 10.7. The third kappa shape index (κ3) is 4.69. The fraction of sp³-hybridized carbons (Fsp3) is 0.263. The van der Waals surface area contributed by atoms with Crippen molar-refractivity contribution in [3.05, 3.63) is 59.5 Å². The number of carbonyl (C=O) groups excluding carboxylic acids is 1. The Hall–Kier alpha value is -2.77. The lowest BCUT2D eigenvalue weighted by Crippen LogP contribution is -2.26. The van der Waals surface area contributed by atoms with E-state index in [1.807, 2.05) is 25.1 Å². The molecule has 8 heteroatoms. The van der Waals surface area contributed by atoms with E-state index < -0.39 is 0 Å². The highest BCUT2D eigenvalue weighted by Gasteiger charge is 2.22. The summed E-state index contributed by atoms with van der Waals surface area (Å²) in [4.78, 5) is 16.8. The van der Waals surface area contributed by atoms with E-state index in [2.05, 4.69) is 20.6 Å². The SMILES string of the molecule is CCOCCCNC(=O)c1nnn(-c2ccc(Cl)cc2)c1-c1cccnc1. The van der Waals surface area contributed by atoms with Crippen LogP contribution in [0, 0.1) is 0 Å². The predicted octanol–water partition coefficient (Wildman–Crippen LogP) is 3.14. The summed E-state index contributed by atoms with van der Waals surface area (Å²) in [5, 5.41) is 11.8. The first kappa shape index (κ1) is 19.0. The van der Waals surface area contributed by atoms with Gasteiger partial charge in [-0.2, -0.15) is 0 Å². The van der Waals surface area contributed by atoms with E-state index in [1.165, 1.54) is 0 Å². The first-order valence-corrected chi connectivity index (χ1v) is 9.06. The summed E-state index contributed by atoms with van der Waals surface area (Å²) in [5.41, 5.74) is 2.32. The summed E-state index contributed by atoms with van der Waals surface area (Å²) in [7, 11) is 0. The van der Waals surface area contributed by atoms with E-state index in [1.54, 1.807) is 35.3 Å². The summed E-state index contributed by atoms with van der Waals surface area (Å²) in [6.45, 7) is 3.70. The number of ether oxygens (including phenoxy) is 1. The second-order valence-electron chi connectivity index (χ2n) is 5.72. The molecule has 1 aromatic carbocycles. The Labute approximate surface area is 162 Å².